The third kappa shape index (κ3) is 5.16. The highest BCUT2D eigenvalue weighted by Crippen LogP contribution is 2.38. The quantitative estimate of drug-likeness (QED) is 0.632. The topological polar surface area (TPSA) is 73.5 Å². The van der Waals surface area contributed by atoms with Crippen molar-refractivity contribution in [2.24, 2.45) is 11.8 Å². The largest absolute Gasteiger partial charge is 0.356 e. The van der Waals surface area contributed by atoms with Crippen molar-refractivity contribution in [2.75, 3.05) is 19.6 Å². The molecule has 2 fully saturated rings. The predicted octanol–water partition coefficient (Wildman–Crippen LogP) is 2.70. The van der Waals surface area contributed by atoms with Crippen LogP contribution >= 0.6 is 11.8 Å². The summed E-state index contributed by atoms with van der Waals surface area (Å²) in [4.78, 5) is 27.8. The van der Waals surface area contributed by atoms with Gasteiger partial charge in [-0.05, 0) is 48.6 Å². The normalized spacial score (nSPS) is 28.8. The average molecular weight is 443 g/mol. The Labute approximate surface area is 189 Å². The molecule has 168 valence electrons. The van der Waals surface area contributed by atoms with Gasteiger partial charge in [0.05, 0.1) is 12.0 Å². The number of carbonyl (C=O) groups is 2. The maximum Gasteiger partial charge on any atom is 0.237 e. The Morgan fingerprint density at radius 2 is 2.06 bits per heavy atom. The monoisotopic (exact) mass is 442 g/mol. The Morgan fingerprint density at radius 3 is 2.81 bits per heavy atom. The van der Waals surface area contributed by atoms with Crippen LogP contribution in [0.5, 0.6) is 0 Å². The SMILES string of the molecule is Cc1ccc(C2=CSC3C(=O)NC(N4CCCC(C(=O)NCCC(C)C)C4)NC23)cc1. The second-order valence-corrected chi connectivity index (χ2v) is 10.4. The van der Waals surface area contributed by atoms with Crippen LogP contribution in [0.15, 0.2) is 29.7 Å². The van der Waals surface area contributed by atoms with Crippen LogP contribution in [-0.2, 0) is 9.59 Å². The van der Waals surface area contributed by atoms with E-state index in [0.29, 0.717) is 12.5 Å². The zero-order chi connectivity index (χ0) is 22.0. The van der Waals surface area contributed by atoms with Crippen LogP contribution in [-0.4, -0.2) is 53.9 Å². The van der Waals surface area contributed by atoms with Crippen molar-refractivity contribution in [1.29, 1.82) is 0 Å². The number of carbonyl (C=O) groups excluding carboxylic acids is 2. The highest BCUT2D eigenvalue weighted by atomic mass is 32.2. The molecule has 4 atom stereocenters. The Balaban J connectivity index is 1.40. The number of amides is 2. The summed E-state index contributed by atoms with van der Waals surface area (Å²) in [5.41, 5.74) is 3.56. The van der Waals surface area contributed by atoms with Crippen molar-refractivity contribution in [1.82, 2.24) is 20.9 Å². The van der Waals surface area contributed by atoms with Gasteiger partial charge in [0.2, 0.25) is 11.8 Å². The van der Waals surface area contributed by atoms with E-state index in [2.05, 4.69) is 71.3 Å². The molecule has 2 amide bonds. The van der Waals surface area contributed by atoms with Gasteiger partial charge in [-0.1, -0.05) is 43.7 Å². The van der Waals surface area contributed by atoms with E-state index in [0.717, 1.165) is 37.9 Å². The number of thioether (sulfide) groups is 1. The van der Waals surface area contributed by atoms with Gasteiger partial charge >= 0.3 is 0 Å². The minimum absolute atomic E-state index is 0.0216. The van der Waals surface area contributed by atoms with Crippen LogP contribution in [0, 0.1) is 18.8 Å². The minimum atomic E-state index is -0.243. The first kappa shape index (κ1) is 22.4. The number of nitrogens with one attached hydrogen (secondary N) is 3. The molecule has 3 aliphatic heterocycles. The summed E-state index contributed by atoms with van der Waals surface area (Å²) in [7, 11) is 0. The van der Waals surface area contributed by atoms with Gasteiger partial charge in [0.25, 0.3) is 0 Å². The van der Waals surface area contributed by atoms with Crippen LogP contribution in [0.4, 0.5) is 0 Å². The zero-order valence-corrected chi connectivity index (χ0v) is 19.5. The van der Waals surface area contributed by atoms with Crippen LogP contribution in [0.25, 0.3) is 5.57 Å². The number of likely N-dealkylation sites (tertiary alicyclic amines) is 1. The Kier molecular flexibility index (Phi) is 7.04. The molecule has 3 aliphatic rings. The van der Waals surface area contributed by atoms with Gasteiger partial charge in [-0.3, -0.25) is 19.8 Å². The van der Waals surface area contributed by atoms with E-state index in [1.165, 1.54) is 11.1 Å². The molecular weight excluding hydrogens is 408 g/mol. The molecule has 4 rings (SSSR count). The number of nitrogens with zero attached hydrogens (tertiary/aromatic N) is 1. The minimum Gasteiger partial charge on any atom is -0.356 e. The molecule has 2 saturated heterocycles. The van der Waals surface area contributed by atoms with Crippen LogP contribution < -0.4 is 16.0 Å². The molecule has 0 aromatic heterocycles. The summed E-state index contributed by atoms with van der Waals surface area (Å²) in [5.74, 6) is 0.767. The number of fused-ring (bicyclic) bond motifs is 1. The van der Waals surface area contributed by atoms with Gasteiger partial charge in [0.1, 0.15) is 11.5 Å². The fourth-order valence-electron chi connectivity index (χ4n) is 4.55. The van der Waals surface area contributed by atoms with Crippen molar-refractivity contribution in [3.63, 3.8) is 0 Å². The van der Waals surface area contributed by atoms with E-state index < -0.39 is 0 Å². The first-order valence-corrected chi connectivity index (χ1v) is 12.4. The number of benzene rings is 1. The Morgan fingerprint density at radius 1 is 1.29 bits per heavy atom. The van der Waals surface area contributed by atoms with E-state index in [-0.39, 0.29) is 35.3 Å². The van der Waals surface area contributed by atoms with Crippen LogP contribution in [0.2, 0.25) is 0 Å². The lowest BCUT2D eigenvalue weighted by Crippen LogP contribution is -2.69. The molecule has 0 bridgehead atoms. The fraction of sp³-hybridized carbons (Fsp3) is 0.583. The summed E-state index contributed by atoms with van der Waals surface area (Å²) < 4.78 is 0. The molecule has 3 N–H and O–H groups in total. The van der Waals surface area contributed by atoms with Crippen molar-refractivity contribution >= 4 is 29.1 Å². The number of piperidine rings is 1. The van der Waals surface area contributed by atoms with E-state index >= 15 is 0 Å². The molecule has 0 aliphatic carbocycles. The lowest BCUT2D eigenvalue weighted by Gasteiger charge is -2.43. The highest BCUT2D eigenvalue weighted by Gasteiger charge is 2.44. The van der Waals surface area contributed by atoms with Gasteiger partial charge in [-0.15, -0.1) is 11.8 Å². The smallest absolute Gasteiger partial charge is 0.237 e. The van der Waals surface area contributed by atoms with Crippen LogP contribution in [0.1, 0.15) is 44.2 Å². The number of hydrogen-bond donors (Lipinski definition) is 3. The van der Waals surface area contributed by atoms with Gasteiger partial charge in [0.15, 0.2) is 0 Å². The van der Waals surface area contributed by atoms with Crippen molar-refractivity contribution in [2.45, 2.75) is 57.6 Å². The molecule has 6 nitrogen and oxygen atoms in total. The zero-order valence-electron chi connectivity index (χ0n) is 18.7. The van der Waals surface area contributed by atoms with E-state index in [4.69, 9.17) is 0 Å². The number of aryl methyl sites for hydroxylation is 1. The van der Waals surface area contributed by atoms with E-state index in [1.54, 1.807) is 11.8 Å². The van der Waals surface area contributed by atoms with Gasteiger partial charge < -0.3 is 10.6 Å². The fourth-order valence-corrected chi connectivity index (χ4v) is 5.70. The molecule has 0 spiro atoms. The average Bonchev–Trinajstić information content (AvgIpc) is 3.19. The summed E-state index contributed by atoms with van der Waals surface area (Å²) >= 11 is 1.59. The first-order chi connectivity index (χ1) is 14.9. The van der Waals surface area contributed by atoms with Crippen molar-refractivity contribution in [3.05, 3.63) is 40.8 Å². The third-order valence-electron chi connectivity index (χ3n) is 6.45. The molecule has 7 heteroatoms. The van der Waals surface area contributed by atoms with E-state index in [1.807, 2.05) is 0 Å². The lowest BCUT2D eigenvalue weighted by atomic mass is 9.94. The van der Waals surface area contributed by atoms with Gasteiger partial charge in [-0.2, -0.15) is 0 Å². The maximum absolute atomic E-state index is 12.9. The molecular formula is C24H34N4O2S. The lowest BCUT2D eigenvalue weighted by molar-refractivity contribution is -0.129. The Hall–Kier alpha value is -1.83. The van der Waals surface area contributed by atoms with Crippen LogP contribution in [0.3, 0.4) is 0 Å². The van der Waals surface area contributed by atoms with Crippen molar-refractivity contribution < 1.29 is 9.59 Å². The molecule has 0 saturated carbocycles. The summed E-state index contributed by atoms with van der Waals surface area (Å²) in [5, 5.41) is 11.9. The molecule has 0 radical (unpaired) electrons. The molecule has 31 heavy (non-hydrogen) atoms. The van der Waals surface area contributed by atoms with Gasteiger partial charge in [-0.25, -0.2) is 0 Å². The maximum atomic E-state index is 12.9. The summed E-state index contributed by atoms with van der Waals surface area (Å²) in [6.07, 6.45) is 2.62. The summed E-state index contributed by atoms with van der Waals surface area (Å²) in [6.45, 7) is 8.69. The first-order valence-electron chi connectivity index (χ1n) is 11.4. The number of rotatable bonds is 6. The van der Waals surface area contributed by atoms with Crippen molar-refractivity contribution in [3.8, 4) is 0 Å². The standard InChI is InChI=1S/C24H34N4O2S/c1-15(2)10-11-25-22(29)18-5-4-12-28(13-18)24-26-20-19(14-31-21(20)23(30)27-24)17-8-6-16(3)7-9-17/h6-9,14-15,18,20-21,24,26H,4-5,10-13H2,1-3H3,(H,25,29)(H,27,30). The second kappa shape index (κ2) is 9.76. The summed E-state index contributed by atoms with van der Waals surface area (Å²) in [6, 6.07) is 8.47. The van der Waals surface area contributed by atoms with E-state index in [9.17, 15) is 9.59 Å². The second-order valence-electron chi connectivity index (χ2n) is 9.36. The molecule has 4 unspecified atom stereocenters. The Bertz CT molecular complexity index is 838. The highest BCUT2D eigenvalue weighted by molar-refractivity contribution is 8.04. The van der Waals surface area contributed by atoms with Gasteiger partial charge in [0, 0.05) is 19.6 Å². The molecule has 3 heterocycles. The predicted molar refractivity (Wildman–Crippen MR) is 126 cm³/mol. The molecule has 1 aromatic rings. The molecule has 1 aromatic carbocycles. The third-order valence-corrected chi connectivity index (χ3v) is 7.62. The number of hydrogen-bond acceptors (Lipinski definition) is 5.